The Morgan fingerprint density at radius 1 is 0.423 bits per heavy atom. The van der Waals surface area contributed by atoms with E-state index in [1.165, 1.54) is 208 Å². The first-order valence-electron chi connectivity index (χ1n) is 30.7. The van der Waals surface area contributed by atoms with Gasteiger partial charge in [0.2, 0.25) is 0 Å². The van der Waals surface area contributed by atoms with Crippen molar-refractivity contribution in [2.24, 2.45) is 21.7 Å². The molecule has 2 heterocycles. The van der Waals surface area contributed by atoms with Gasteiger partial charge in [-0.3, -0.25) is 0 Å². The Morgan fingerprint density at radius 3 is 1.24 bits per heavy atom. The molecule has 8 aromatic rings. The molecule has 7 aliphatic carbocycles. The highest BCUT2D eigenvalue weighted by molar-refractivity contribution is 6.33. The average molecular weight is 1020 g/mol. The molecule has 3 heteroatoms. The molecule has 7 aliphatic rings. The third-order valence-corrected chi connectivity index (χ3v) is 24.2. The fourth-order valence-electron chi connectivity index (χ4n) is 21.0. The van der Waals surface area contributed by atoms with E-state index >= 15 is 0 Å². The van der Waals surface area contributed by atoms with Crippen LogP contribution in [-0.4, -0.2) is 4.40 Å². The molecule has 4 fully saturated rings. The highest BCUT2D eigenvalue weighted by Gasteiger charge is 2.68. The maximum Gasteiger partial charge on any atom is 0.0995 e. The van der Waals surface area contributed by atoms with Crippen LogP contribution >= 0.6 is 0 Å². The topological polar surface area (TPSA) is 52.0 Å². The molecule has 396 valence electrons. The summed E-state index contributed by atoms with van der Waals surface area (Å²) in [5.41, 5.74) is 23.2. The first kappa shape index (κ1) is 49.2. The molecule has 0 saturated heterocycles. The molecule has 3 nitrogen and oxygen atoms in total. The summed E-state index contributed by atoms with van der Waals surface area (Å²) in [5, 5.41) is 29.7. The monoisotopic (exact) mass is 1020 g/mol. The lowest BCUT2D eigenvalue weighted by Crippen LogP contribution is -2.53. The molecule has 0 N–H and O–H groups in total. The minimum Gasteiger partial charge on any atom is -0.308 e. The Hall–Kier alpha value is -5.90. The summed E-state index contributed by atoms with van der Waals surface area (Å²) in [6, 6.07) is 38.1. The first-order chi connectivity index (χ1) is 37.1. The highest BCUT2D eigenvalue weighted by atomic mass is 14.9. The Morgan fingerprint density at radius 2 is 0.821 bits per heavy atom. The van der Waals surface area contributed by atoms with Crippen LogP contribution in [0.25, 0.3) is 71.5 Å². The summed E-state index contributed by atoms with van der Waals surface area (Å²) in [7, 11) is 0. The van der Waals surface area contributed by atoms with Crippen LogP contribution in [0.2, 0.25) is 0 Å². The smallest absolute Gasteiger partial charge is 0.0995 e. The zero-order chi connectivity index (χ0) is 54.3. The maximum atomic E-state index is 12.2. The molecule has 0 bridgehead atoms. The lowest BCUT2D eigenvalue weighted by Gasteiger charge is -2.56. The van der Waals surface area contributed by atoms with Crippen molar-refractivity contribution >= 4 is 38.1 Å². The molecule has 78 heavy (non-hydrogen) atoms. The maximum absolute atomic E-state index is 12.2. The van der Waals surface area contributed by atoms with E-state index < -0.39 is 0 Å². The summed E-state index contributed by atoms with van der Waals surface area (Å²) in [6.45, 7) is 29.8. The van der Waals surface area contributed by atoms with Crippen LogP contribution < -0.4 is 0 Å². The van der Waals surface area contributed by atoms with E-state index in [-0.39, 0.29) is 48.7 Å². The normalized spacial score (nSPS) is 22.2. The number of nitrogens with zero attached hydrogens (tertiary/aromatic N) is 3. The van der Waals surface area contributed by atoms with Crippen LogP contribution in [0.15, 0.2) is 78.9 Å². The fraction of sp³-hybridized carbons (Fsp3) is 0.493. The van der Waals surface area contributed by atoms with E-state index in [1.54, 1.807) is 0 Å². The molecule has 2 aromatic heterocycles. The van der Waals surface area contributed by atoms with Crippen LogP contribution in [0.4, 0.5) is 0 Å². The highest BCUT2D eigenvalue weighted by Crippen LogP contribution is 2.76. The second kappa shape index (κ2) is 15.3. The Kier molecular flexibility index (Phi) is 9.65. The van der Waals surface area contributed by atoms with E-state index in [2.05, 4.69) is 178 Å². The van der Waals surface area contributed by atoms with Gasteiger partial charge in [0, 0.05) is 37.8 Å². The Labute approximate surface area is 465 Å². The standard InChI is InChI=1S/C75H81N3/c1-67(2,3)46-25-27-49-53(39-46)74(70(9)29-15-16-30-70,71(10)31-17-18-32-71)64-44(42-76)37-56-59(60(49)64)51-41-55-58(48-23-13-14-24-52(48)69(55,7)8)63-62-57(78(56)66(51)63)38-45(43-77)65-61(62)50-28-26-47(68(4,5)6)40-54(50)75(65,72(11)33-19-20-34-72)73(12)35-21-22-36-73/h13-14,23-28,37-41H,15-22,29-36H2,1-12H3. The lowest BCUT2D eigenvalue weighted by molar-refractivity contribution is 0.0458. The minimum absolute atomic E-state index is 0.0269. The van der Waals surface area contributed by atoms with E-state index in [0.29, 0.717) is 0 Å². The minimum atomic E-state index is -0.354. The fourth-order valence-corrected chi connectivity index (χ4v) is 21.0. The number of hydrogen-bond donors (Lipinski definition) is 0. The van der Waals surface area contributed by atoms with Crippen LogP contribution in [0.3, 0.4) is 0 Å². The molecule has 0 amide bonds. The molecule has 0 spiro atoms. The molecule has 0 unspecified atom stereocenters. The zero-order valence-corrected chi connectivity index (χ0v) is 49.2. The van der Waals surface area contributed by atoms with Gasteiger partial charge in [0.25, 0.3) is 0 Å². The molecular weight excluding hydrogens is 943 g/mol. The number of benzene rings is 6. The average Bonchev–Trinajstić information content (AvgIpc) is 4.44. The van der Waals surface area contributed by atoms with Crippen molar-refractivity contribution in [3.05, 3.63) is 134 Å². The van der Waals surface area contributed by atoms with Gasteiger partial charge in [-0.2, -0.15) is 10.5 Å². The Balaban J connectivity index is 1.20. The quantitative estimate of drug-likeness (QED) is 0.176. The van der Waals surface area contributed by atoms with Gasteiger partial charge in [-0.25, -0.2) is 0 Å². The summed E-state index contributed by atoms with van der Waals surface area (Å²) >= 11 is 0. The van der Waals surface area contributed by atoms with Gasteiger partial charge >= 0.3 is 0 Å². The molecule has 6 aromatic carbocycles. The first-order valence-corrected chi connectivity index (χ1v) is 30.7. The molecular formula is C75H81N3. The van der Waals surface area contributed by atoms with Gasteiger partial charge in [-0.05, 0) is 180 Å². The van der Waals surface area contributed by atoms with Crippen molar-refractivity contribution in [3.8, 4) is 45.5 Å². The van der Waals surface area contributed by atoms with E-state index in [1.807, 2.05) is 0 Å². The largest absolute Gasteiger partial charge is 0.308 e. The number of fused-ring (bicyclic) bond motifs is 18. The number of aromatic nitrogens is 1. The van der Waals surface area contributed by atoms with E-state index in [0.717, 1.165) is 22.2 Å². The zero-order valence-electron chi connectivity index (χ0n) is 49.2. The SMILES string of the molecule is CC(C)(C)c1ccc2c(c1)C(C1(C)CCCC1)(C1(C)CCCC1)c1c(C#N)cc3c(c1-2)c1cc2c(c4c5c6c(c(C#N)cc5n3c14)C(C1(C)CCCC1)(C1(C)CCCC1)c1cc(C(C)(C)C)ccc1-6)-c1ccccc1C2(C)C. The predicted molar refractivity (Wildman–Crippen MR) is 324 cm³/mol. The van der Waals surface area contributed by atoms with E-state index in [4.69, 9.17) is 0 Å². The van der Waals surface area contributed by atoms with Crippen molar-refractivity contribution < 1.29 is 0 Å². The summed E-state index contributed by atoms with van der Waals surface area (Å²) in [6.07, 6.45) is 19.2. The van der Waals surface area contributed by atoms with Gasteiger partial charge < -0.3 is 4.40 Å². The van der Waals surface area contributed by atoms with Crippen LogP contribution in [0.5, 0.6) is 0 Å². The van der Waals surface area contributed by atoms with Crippen molar-refractivity contribution in [2.45, 2.75) is 213 Å². The molecule has 15 rings (SSSR count). The molecule has 0 atom stereocenters. The third-order valence-electron chi connectivity index (χ3n) is 24.2. The Bertz CT molecular complexity index is 4010. The van der Waals surface area contributed by atoms with Crippen LogP contribution in [0, 0.1) is 44.3 Å². The summed E-state index contributed by atoms with van der Waals surface area (Å²) in [5.74, 6) is 0. The number of nitriles is 2. The third kappa shape index (κ3) is 5.48. The summed E-state index contributed by atoms with van der Waals surface area (Å²) < 4.78 is 2.61. The van der Waals surface area contributed by atoms with Crippen molar-refractivity contribution in [1.29, 1.82) is 10.5 Å². The second-order valence-electron chi connectivity index (χ2n) is 30.5. The van der Waals surface area contributed by atoms with Crippen LogP contribution in [-0.2, 0) is 27.1 Å². The lowest BCUT2D eigenvalue weighted by atomic mass is 9.46. The number of rotatable bonds is 4. The van der Waals surface area contributed by atoms with Crippen LogP contribution in [0.1, 0.15) is 241 Å². The van der Waals surface area contributed by atoms with Gasteiger partial charge in [0.15, 0.2) is 0 Å². The van der Waals surface area contributed by atoms with Gasteiger partial charge in [0.05, 0.1) is 39.8 Å². The van der Waals surface area contributed by atoms with E-state index in [9.17, 15) is 10.5 Å². The predicted octanol–water partition coefficient (Wildman–Crippen LogP) is 20.3. The van der Waals surface area contributed by atoms with Gasteiger partial charge in [0.1, 0.15) is 0 Å². The second-order valence-corrected chi connectivity index (χ2v) is 30.5. The van der Waals surface area contributed by atoms with Gasteiger partial charge in [-0.15, -0.1) is 0 Å². The van der Waals surface area contributed by atoms with Gasteiger partial charge in [-0.1, -0.05) is 195 Å². The van der Waals surface area contributed by atoms with Crippen molar-refractivity contribution in [1.82, 2.24) is 4.40 Å². The molecule has 0 radical (unpaired) electrons. The van der Waals surface area contributed by atoms with Crippen molar-refractivity contribution in [3.63, 3.8) is 0 Å². The molecule has 0 aliphatic heterocycles. The number of hydrogen-bond acceptors (Lipinski definition) is 2. The van der Waals surface area contributed by atoms with Crippen molar-refractivity contribution in [2.75, 3.05) is 0 Å². The molecule has 4 saturated carbocycles. The summed E-state index contributed by atoms with van der Waals surface area (Å²) in [4.78, 5) is 0.